The predicted octanol–water partition coefficient (Wildman–Crippen LogP) is 1.48. The smallest absolute Gasteiger partial charge is 0.411 e. The van der Waals surface area contributed by atoms with Gasteiger partial charge in [-0.1, -0.05) is 30.3 Å². The molecule has 0 spiro atoms. The molecule has 1 saturated heterocycles. The second-order valence-corrected chi connectivity index (χ2v) is 3.99. The van der Waals surface area contributed by atoms with Crippen LogP contribution in [-0.2, 0) is 16.1 Å². The highest BCUT2D eigenvalue weighted by atomic mass is 16.6. The molecule has 0 bridgehead atoms. The lowest BCUT2D eigenvalue weighted by Gasteiger charge is -2.19. The van der Waals surface area contributed by atoms with E-state index in [-0.39, 0.29) is 6.54 Å². The maximum Gasteiger partial charge on any atom is 0.411 e. The van der Waals surface area contributed by atoms with Crippen molar-refractivity contribution in [3.63, 3.8) is 0 Å². The lowest BCUT2D eigenvalue weighted by molar-refractivity contribution is -0.142. The van der Waals surface area contributed by atoms with E-state index < -0.39 is 24.2 Å². The van der Waals surface area contributed by atoms with Gasteiger partial charge in [0, 0.05) is 0 Å². The number of rotatable bonds is 3. The lowest BCUT2D eigenvalue weighted by atomic mass is 10.1. The van der Waals surface area contributed by atoms with Gasteiger partial charge in [0.25, 0.3) is 0 Å². The van der Waals surface area contributed by atoms with E-state index in [2.05, 4.69) is 0 Å². The molecule has 1 aromatic rings. The number of carboxylic acid groups (broad SMARTS) is 1. The van der Waals surface area contributed by atoms with E-state index >= 15 is 0 Å². The predicted molar refractivity (Wildman–Crippen MR) is 59.4 cm³/mol. The van der Waals surface area contributed by atoms with Crippen molar-refractivity contribution in [1.29, 1.82) is 0 Å². The van der Waals surface area contributed by atoms with Gasteiger partial charge in [0.15, 0.2) is 6.04 Å². The number of hydrogen-bond donors (Lipinski definition) is 1. The Balaban J connectivity index is 2.18. The second-order valence-electron chi connectivity index (χ2n) is 3.99. The summed E-state index contributed by atoms with van der Waals surface area (Å²) in [6.07, 6.45) is -1.20. The normalized spacial score (nSPS) is 23.6. The zero-order valence-electron chi connectivity index (χ0n) is 9.37. The fourth-order valence-electron chi connectivity index (χ4n) is 1.94. The highest BCUT2D eigenvalue weighted by molar-refractivity contribution is 5.83. The van der Waals surface area contributed by atoms with Gasteiger partial charge in [0.2, 0.25) is 0 Å². The first kappa shape index (κ1) is 11.4. The van der Waals surface area contributed by atoms with Gasteiger partial charge in [-0.15, -0.1) is 0 Å². The minimum Gasteiger partial charge on any atom is -0.480 e. The van der Waals surface area contributed by atoms with E-state index in [0.29, 0.717) is 0 Å². The number of carbonyl (C=O) groups is 2. The van der Waals surface area contributed by atoms with Crippen molar-refractivity contribution in [3.05, 3.63) is 35.9 Å². The Kier molecular flexibility index (Phi) is 2.99. The maximum atomic E-state index is 11.5. The first-order chi connectivity index (χ1) is 8.09. The molecule has 1 aliphatic rings. The van der Waals surface area contributed by atoms with Gasteiger partial charge in [-0.25, -0.2) is 9.59 Å². The quantitative estimate of drug-likeness (QED) is 0.861. The summed E-state index contributed by atoms with van der Waals surface area (Å²) in [5.74, 6) is -1.04. The Bertz CT molecular complexity index is 431. The molecule has 1 aromatic carbocycles. The summed E-state index contributed by atoms with van der Waals surface area (Å²) in [6.45, 7) is 1.84. The Labute approximate surface area is 98.6 Å². The van der Waals surface area contributed by atoms with Crippen molar-refractivity contribution in [2.24, 2.45) is 0 Å². The Hall–Kier alpha value is -2.04. The van der Waals surface area contributed by atoms with Crippen molar-refractivity contribution < 1.29 is 19.4 Å². The molecule has 1 heterocycles. The van der Waals surface area contributed by atoms with Crippen molar-refractivity contribution in [2.45, 2.75) is 25.6 Å². The molecule has 2 unspecified atom stereocenters. The summed E-state index contributed by atoms with van der Waals surface area (Å²) in [4.78, 5) is 23.9. The minimum atomic E-state index is -1.04. The number of ether oxygens (including phenoxy) is 1. The molecule has 0 radical (unpaired) electrons. The number of hydrogen-bond acceptors (Lipinski definition) is 3. The van der Waals surface area contributed by atoms with Gasteiger partial charge in [-0.2, -0.15) is 0 Å². The zero-order valence-corrected chi connectivity index (χ0v) is 9.37. The molecule has 90 valence electrons. The van der Waals surface area contributed by atoms with Crippen LogP contribution in [0.3, 0.4) is 0 Å². The number of aliphatic carboxylic acids is 1. The number of amides is 1. The molecule has 1 N–H and O–H groups in total. The maximum absolute atomic E-state index is 11.5. The number of carboxylic acids is 1. The molecule has 0 aliphatic carbocycles. The number of benzene rings is 1. The molecule has 5 heteroatoms. The van der Waals surface area contributed by atoms with Crippen molar-refractivity contribution in [2.75, 3.05) is 0 Å². The zero-order chi connectivity index (χ0) is 12.4. The van der Waals surface area contributed by atoms with E-state index in [1.165, 1.54) is 4.90 Å². The molecular weight excluding hydrogens is 222 g/mol. The molecule has 2 atom stereocenters. The summed E-state index contributed by atoms with van der Waals surface area (Å²) >= 11 is 0. The van der Waals surface area contributed by atoms with Gasteiger partial charge >= 0.3 is 12.1 Å². The van der Waals surface area contributed by atoms with Gasteiger partial charge in [-0.05, 0) is 12.5 Å². The third kappa shape index (κ3) is 2.22. The highest BCUT2D eigenvalue weighted by Crippen LogP contribution is 2.22. The Morgan fingerprint density at radius 3 is 2.65 bits per heavy atom. The average molecular weight is 235 g/mol. The van der Waals surface area contributed by atoms with Gasteiger partial charge in [0.05, 0.1) is 6.54 Å². The lowest BCUT2D eigenvalue weighted by Crippen LogP contribution is -2.41. The first-order valence-corrected chi connectivity index (χ1v) is 5.33. The fourth-order valence-corrected chi connectivity index (χ4v) is 1.94. The summed E-state index contributed by atoms with van der Waals surface area (Å²) in [6, 6.07) is 8.32. The van der Waals surface area contributed by atoms with Crippen molar-refractivity contribution in [3.8, 4) is 0 Å². The molecule has 2 rings (SSSR count). The summed E-state index contributed by atoms with van der Waals surface area (Å²) in [5.41, 5.74) is 0.879. The average Bonchev–Trinajstić information content (AvgIpc) is 2.55. The first-order valence-electron chi connectivity index (χ1n) is 5.33. The largest absolute Gasteiger partial charge is 0.480 e. The van der Waals surface area contributed by atoms with Gasteiger partial charge in [-0.3, -0.25) is 4.90 Å². The van der Waals surface area contributed by atoms with Crippen LogP contribution in [0.25, 0.3) is 0 Å². The Morgan fingerprint density at radius 1 is 1.41 bits per heavy atom. The summed E-state index contributed by atoms with van der Waals surface area (Å²) < 4.78 is 4.93. The molecule has 0 aromatic heterocycles. The standard InChI is InChI=1S/C12H13NO4/c1-8-10(11(14)15)13(12(16)17-8)7-9-5-3-2-4-6-9/h2-6,8,10H,7H2,1H3,(H,14,15). The van der Waals surface area contributed by atoms with Crippen LogP contribution >= 0.6 is 0 Å². The van der Waals surface area contributed by atoms with Crippen LogP contribution in [0.2, 0.25) is 0 Å². The third-order valence-corrected chi connectivity index (χ3v) is 2.75. The molecule has 1 fully saturated rings. The summed E-state index contributed by atoms with van der Waals surface area (Å²) in [5, 5.41) is 9.08. The summed E-state index contributed by atoms with van der Waals surface area (Å²) in [7, 11) is 0. The van der Waals surface area contributed by atoms with Crippen LogP contribution in [-0.4, -0.2) is 34.2 Å². The number of carbonyl (C=O) groups excluding carboxylic acids is 1. The topological polar surface area (TPSA) is 66.8 Å². The molecule has 0 saturated carbocycles. The monoisotopic (exact) mass is 235 g/mol. The number of cyclic esters (lactones) is 1. The molecule has 1 amide bonds. The third-order valence-electron chi connectivity index (χ3n) is 2.75. The number of nitrogens with zero attached hydrogens (tertiary/aromatic N) is 1. The van der Waals surface area contributed by atoms with Gasteiger partial charge in [0.1, 0.15) is 6.10 Å². The van der Waals surface area contributed by atoms with Crippen LogP contribution in [0.1, 0.15) is 12.5 Å². The van der Waals surface area contributed by atoms with Crippen LogP contribution in [0, 0.1) is 0 Å². The van der Waals surface area contributed by atoms with Crippen molar-refractivity contribution >= 4 is 12.1 Å². The van der Waals surface area contributed by atoms with Crippen LogP contribution < -0.4 is 0 Å². The van der Waals surface area contributed by atoms with Crippen LogP contribution in [0.4, 0.5) is 4.79 Å². The molecule has 5 nitrogen and oxygen atoms in total. The highest BCUT2D eigenvalue weighted by Gasteiger charge is 2.43. The van der Waals surface area contributed by atoms with E-state index in [1.54, 1.807) is 6.92 Å². The van der Waals surface area contributed by atoms with Crippen molar-refractivity contribution in [1.82, 2.24) is 4.90 Å². The van der Waals surface area contributed by atoms with E-state index in [9.17, 15) is 9.59 Å². The van der Waals surface area contributed by atoms with E-state index in [0.717, 1.165) is 5.56 Å². The molecular formula is C12H13NO4. The molecule has 17 heavy (non-hydrogen) atoms. The van der Waals surface area contributed by atoms with Gasteiger partial charge < -0.3 is 9.84 Å². The SMILES string of the molecule is CC1OC(=O)N(Cc2ccccc2)C1C(=O)O. The van der Waals surface area contributed by atoms with Crippen LogP contribution in [0.15, 0.2) is 30.3 Å². The Morgan fingerprint density at radius 2 is 2.06 bits per heavy atom. The van der Waals surface area contributed by atoms with Crippen LogP contribution in [0.5, 0.6) is 0 Å². The van der Waals surface area contributed by atoms with E-state index in [4.69, 9.17) is 9.84 Å². The minimum absolute atomic E-state index is 0.251. The molecule has 1 aliphatic heterocycles. The second kappa shape index (κ2) is 4.45. The van der Waals surface area contributed by atoms with E-state index in [1.807, 2.05) is 30.3 Å². The fraction of sp³-hybridized carbons (Fsp3) is 0.333.